The van der Waals surface area contributed by atoms with E-state index in [1.165, 1.54) is 18.0 Å². The van der Waals surface area contributed by atoms with Gasteiger partial charge in [-0.2, -0.15) is 0 Å². The van der Waals surface area contributed by atoms with E-state index in [9.17, 15) is 9.18 Å². The molecule has 2 fully saturated rings. The van der Waals surface area contributed by atoms with E-state index in [1.54, 1.807) is 0 Å². The van der Waals surface area contributed by atoms with Gasteiger partial charge in [-0.15, -0.1) is 0 Å². The van der Waals surface area contributed by atoms with Crippen molar-refractivity contribution in [1.29, 1.82) is 0 Å². The van der Waals surface area contributed by atoms with E-state index in [0.717, 1.165) is 36.3 Å². The van der Waals surface area contributed by atoms with Gasteiger partial charge in [0.1, 0.15) is 5.76 Å². The molecule has 2 aromatic rings. The van der Waals surface area contributed by atoms with Crippen molar-refractivity contribution < 1.29 is 13.7 Å². The maximum absolute atomic E-state index is 13.6. The van der Waals surface area contributed by atoms with Crippen molar-refractivity contribution in [3.63, 3.8) is 0 Å². The minimum Gasteiger partial charge on any atom is -0.361 e. The van der Waals surface area contributed by atoms with Crippen molar-refractivity contribution in [3.05, 3.63) is 46.9 Å². The number of rotatable bonds is 6. The summed E-state index contributed by atoms with van der Waals surface area (Å²) in [6.07, 6.45) is 7.78. The smallest absolute Gasteiger partial charge is 0.228 e. The second-order valence-corrected chi connectivity index (χ2v) is 8.69. The fraction of sp³-hybridized carbons (Fsp3) is 0.545. The lowest BCUT2D eigenvalue weighted by molar-refractivity contribution is -0.132. The van der Waals surface area contributed by atoms with Crippen molar-refractivity contribution in [2.45, 2.75) is 72.0 Å². The van der Waals surface area contributed by atoms with Crippen LogP contribution in [0, 0.1) is 25.1 Å². The van der Waals surface area contributed by atoms with E-state index in [0.29, 0.717) is 18.9 Å². The molecule has 2 bridgehead atoms. The van der Waals surface area contributed by atoms with Gasteiger partial charge >= 0.3 is 0 Å². The van der Waals surface area contributed by atoms with Crippen LogP contribution in [0.15, 0.2) is 28.6 Å². The van der Waals surface area contributed by atoms with E-state index in [4.69, 9.17) is 4.52 Å². The number of carbonyl (C=O) groups is 1. The molecule has 7 nitrogen and oxygen atoms in total. The highest BCUT2D eigenvalue weighted by Crippen LogP contribution is 2.53. The first-order valence-electron chi connectivity index (χ1n) is 10.4. The Labute approximate surface area is 175 Å². The van der Waals surface area contributed by atoms with Crippen LogP contribution in [0.4, 0.5) is 10.3 Å². The number of nitrogens with zero attached hydrogens (tertiary/aromatic N) is 4. The van der Waals surface area contributed by atoms with Gasteiger partial charge in [0.2, 0.25) is 11.9 Å². The lowest BCUT2D eigenvalue weighted by Crippen LogP contribution is -2.49. The van der Waals surface area contributed by atoms with Crippen molar-refractivity contribution in [2.75, 3.05) is 4.90 Å². The number of allylic oxidation sites excluding steroid dienone is 2. The van der Waals surface area contributed by atoms with Crippen LogP contribution in [0.3, 0.4) is 0 Å². The SMILES string of the molecule is CC(C)=CC[C@]1(C(=O)NCc2c(C)noc2C)C[C@H]2CC[C@@H]1N2c1ncc(F)cn1. The van der Waals surface area contributed by atoms with Crippen LogP contribution >= 0.6 is 0 Å². The maximum atomic E-state index is 13.6. The number of nitrogens with one attached hydrogen (secondary N) is 1. The van der Waals surface area contributed by atoms with Crippen LogP contribution in [-0.4, -0.2) is 33.1 Å². The van der Waals surface area contributed by atoms with Gasteiger partial charge < -0.3 is 14.7 Å². The van der Waals surface area contributed by atoms with Crippen molar-refractivity contribution in [2.24, 2.45) is 5.41 Å². The van der Waals surface area contributed by atoms with Crippen molar-refractivity contribution >= 4 is 11.9 Å². The number of carbonyl (C=O) groups excluding carboxylic acids is 1. The fourth-order valence-corrected chi connectivity index (χ4v) is 4.97. The van der Waals surface area contributed by atoms with Gasteiger partial charge in [0.25, 0.3) is 0 Å². The third-order valence-electron chi connectivity index (χ3n) is 6.51. The molecule has 2 saturated heterocycles. The van der Waals surface area contributed by atoms with Crippen molar-refractivity contribution in [1.82, 2.24) is 20.4 Å². The van der Waals surface area contributed by atoms with Crippen LogP contribution in [0.1, 0.15) is 56.5 Å². The van der Waals surface area contributed by atoms with Crippen LogP contribution in [-0.2, 0) is 11.3 Å². The van der Waals surface area contributed by atoms with Gasteiger partial charge in [0.15, 0.2) is 5.82 Å². The predicted molar refractivity (Wildman–Crippen MR) is 110 cm³/mol. The number of fused-ring (bicyclic) bond motifs is 2. The number of amides is 1. The number of hydrogen-bond donors (Lipinski definition) is 1. The minimum absolute atomic E-state index is 0.0202. The minimum atomic E-state index is -0.573. The van der Waals surface area contributed by atoms with Crippen molar-refractivity contribution in [3.8, 4) is 0 Å². The average molecular weight is 413 g/mol. The summed E-state index contributed by atoms with van der Waals surface area (Å²) in [6.45, 7) is 8.21. The molecule has 0 spiro atoms. The van der Waals surface area contributed by atoms with Gasteiger partial charge in [-0.25, -0.2) is 14.4 Å². The Bertz CT molecular complexity index is 947. The summed E-state index contributed by atoms with van der Waals surface area (Å²) in [4.78, 5) is 24.1. The zero-order valence-electron chi connectivity index (χ0n) is 17.9. The molecule has 4 rings (SSSR count). The summed E-state index contributed by atoms with van der Waals surface area (Å²) in [5, 5.41) is 7.12. The fourth-order valence-electron chi connectivity index (χ4n) is 4.97. The molecule has 2 aliphatic heterocycles. The molecule has 0 aliphatic carbocycles. The summed E-state index contributed by atoms with van der Waals surface area (Å²) in [5.41, 5.74) is 2.32. The second-order valence-electron chi connectivity index (χ2n) is 8.69. The topological polar surface area (TPSA) is 84.2 Å². The highest BCUT2D eigenvalue weighted by atomic mass is 19.1. The summed E-state index contributed by atoms with van der Waals surface area (Å²) in [5.74, 6) is 0.791. The molecular formula is C22H28FN5O2. The van der Waals surface area contributed by atoms with Crippen LogP contribution in [0.25, 0.3) is 0 Å². The zero-order chi connectivity index (χ0) is 21.5. The Morgan fingerprint density at radius 1 is 1.33 bits per heavy atom. The summed E-state index contributed by atoms with van der Waals surface area (Å²) in [7, 11) is 0. The van der Waals surface area contributed by atoms with Crippen LogP contribution < -0.4 is 10.2 Å². The molecule has 0 radical (unpaired) electrons. The maximum Gasteiger partial charge on any atom is 0.228 e. The average Bonchev–Trinajstić information content (AvgIpc) is 3.37. The van der Waals surface area contributed by atoms with E-state index in [1.807, 2.05) is 27.7 Å². The molecule has 0 unspecified atom stereocenters. The van der Waals surface area contributed by atoms with E-state index in [-0.39, 0.29) is 18.0 Å². The highest BCUT2D eigenvalue weighted by molar-refractivity contribution is 5.85. The van der Waals surface area contributed by atoms with E-state index in [2.05, 4.69) is 31.4 Å². The molecule has 1 N–H and O–H groups in total. The van der Waals surface area contributed by atoms with E-state index >= 15 is 0 Å². The summed E-state index contributed by atoms with van der Waals surface area (Å²) in [6, 6.07) is 0.157. The summed E-state index contributed by atoms with van der Waals surface area (Å²) < 4.78 is 18.6. The summed E-state index contributed by atoms with van der Waals surface area (Å²) >= 11 is 0. The Kier molecular flexibility index (Phi) is 5.34. The first-order chi connectivity index (χ1) is 14.3. The lowest BCUT2D eigenvalue weighted by Gasteiger charge is -2.35. The number of anilines is 1. The van der Waals surface area contributed by atoms with Gasteiger partial charge in [-0.1, -0.05) is 16.8 Å². The molecule has 8 heteroatoms. The van der Waals surface area contributed by atoms with Gasteiger partial charge in [0.05, 0.1) is 23.5 Å². The first kappa shape index (κ1) is 20.5. The Morgan fingerprint density at radius 3 is 2.70 bits per heavy atom. The Hall–Kier alpha value is -2.77. The largest absolute Gasteiger partial charge is 0.361 e. The quantitative estimate of drug-likeness (QED) is 0.728. The molecule has 30 heavy (non-hydrogen) atoms. The second kappa shape index (κ2) is 7.81. The molecule has 3 atom stereocenters. The normalized spacial score (nSPS) is 24.9. The molecule has 1 amide bonds. The number of aromatic nitrogens is 3. The first-order valence-corrected chi connectivity index (χ1v) is 10.4. The number of aryl methyl sites for hydroxylation is 2. The molecule has 2 aromatic heterocycles. The molecule has 0 saturated carbocycles. The van der Waals surface area contributed by atoms with E-state index < -0.39 is 11.2 Å². The number of halogens is 1. The Morgan fingerprint density at radius 2 is 2.07 bits per heavy atom. The monoisotopic (exact) mass is 413 g/mol. The lowest BCUT2D eigenvalue weighted by atomic mass is 9.70. The third-order valence-corrected chi connectivity index (χ3v) is 6.51. The molecule has 2 aliphatic rings. The number of hydrogen-bond acceptors (Lipinski definition) is 6. The van der Waals surface area contributed by atoms with Gasteiger partial charge in [0, 0.05) is 24.2 Å². The molecular weight excluding hydrogens is 385 g/mol. The van der Waals surface area contributed by atoms with Crippen LogP contribution in [0.2, 0.25) is 0 Å². The standard InChI is InChI=1S/C22H28FN5O2/c1-13(2)7-8-22(20(29)24-12-18-14(3)27-30-15(18)4)9-17-5-6-19(22)28(17)21-25-10-16(23)11-26-21/h7,10-11,17,19H,5-6,8-9,12H2,1-4H3,(H,24,29)/t17-,19+,22+/m1/s1. The molecule has 160 valence electrons. The zero-order valence-corrected chi connectivity index (χ0v) is 17.9. The Balaban J connectivity index is 1.62. The molecule has 0 aromatic carbocycles. The molecule has 4 heterocycles. The van der Waals surface area contributed by atoms with Gasteiger partial charge in [-0.3, -0.25) is 4.79 Å². The van der Waals surface area contributed by atoms with Gasteiger partial charge in [-0.05, 0) is 53.4 Å². The predicted octanol–water partition coefficient (Wildman–Crippen LogP) is 3.62. The highest BCUT2D eigenvalue weighted by Gasteiger charge is 2.60. The van der Waals surface area contributed by atoms with Crippen LogP contribution in [0.5, 0.6) is 0 Å². The third kappa shape index (κ3) is 3.48.